The Morgan fingerprint density at radius 1 is 0.923 bits per heavy atom. The van der Waals surface area contributed by atoms with E-state index >= 15 is 8.78 Å². The maximum atomic E-state index is 15.8. The summed E-state index contributed by atoms with van der Waals surface area (Å²) in [5.41, 5.74) is 14.2. The molecule has 11 heteroatoms. The molecule has 2 fully saturated rings. The molecule has 1 aliphatic heterocycles. The zero-order chi connectivity index (χ0) is 55.9. The number of fused-ring (bicyclic) bond motifs is 1. The minimum absolute atomic E-state index is 0. The van der Waals surface area contributed by atoms with Crippen molar-refractivity contribution in [3.05, 3.63) is 175 Å². The van der Waals surface area contributed by atoms with Gasteiger partial charge >= 0.3 is 29.6 Å². The summed E-state index contributed by atoms with van der Waals surface area (Å²) in [5.74, 6) is 3.16. The molecule has 7 nitrogen and oxygen atoms in total. The van der Waals surface area contributed by atoms with E-state index in [4.69, 9.17) is 22.4 Å². The molecule has 1 aliphatic carbocycles. The molecular formula is C67H98ClF2N7Na-. The fraction of sp³-hybridized carbons (Fsp3) is 0.478. The van der Waals surface area contributed by atoms with E-state index in [1.165, 1.54) is 93.5 Å². The van der Waals surface area contributed by atoms with Crippen LogP contribution in [0.4, 0.5) is 14.6 Å². The van der Waals surface area contributed by atoms with Crippen LogP contribution in [-0.4, -0.2) is 54.5 Å². The third-order valence-electron chi connectivity index (χ3n) is 15.2. The molecule has 5 aromatic rings. The van der Waals surface area contributed by atoms with Gasteiger partial charge in [0.1, 0.15) is 11.6 Å². The summed E-state index contributed by atoms with van der Waals surface area (Å²) in [5, 5.41) is 12.5. The molecular weight excluding hydrogens is 999 g/mol. The van der Waals surface area contributed by atoms with Gasteiger partial charge in [-0.3, -0.25) is 4.68 Å². The third kappa shape index (κ3) is 19.4. The Bertz CT molecular complexity index is 2600. The predicted octanol–water partition coefficient (Wildman–Crippen LogP) is 14.4. The van der Waals surface area contributed by atoms with Crippen LogP contribution in [0.3, 0.4) is 0 Å². The molecule has 1 saturated heterocycles. The Balaban J connectivity index is 0.000000505. The Morgan fingerprint density at radius 2 is 1.59 bits per heavy atom. The topological polar surface area (TPSA) is 74.4 Å². The van der Waals surface area contributed by atoms with Crippen molar-refractivity contribution in [2.24, 2.45) is 30.5 Å². The number of nitrogens with two attached hydrogens (primary N) is 1. The van der Waals surface area contributed by atoms with Gasteiger partial charge in [0, 0.05) is 73.6 Å². The monoisotopic (exact) mass is 1100 g/mol. The van der Waals surface area contributed by atoms with E-state index < -0.39 is 11.6 Å². The van der Waals surface area contributed by atoms with Gasteiger partial charge in [-0.25, -0.2) is 8.78 Å². The molecule has 2 aliphatic rings. The van der Waals surface area contributed by atoms with Crippen LogP contribution in [0, 0.1) is 43.2 Å². The van der Waals surface area contributed by atoms with Crippen LogP contribution in [0.1, 0.15) is 165 Å². The molecule has 7 rings (SSSR count). The standard InChI is InChI=1S/C35H55N6.C27H28ClF2N.2C2H6.CH3.Na/c1-7-36-20-16-29(24-27(3)30-12-10-9-11-13-30)26-41-22-18-31(19-23-41)32-14-15-33-34(25-32)40(6)38-35(33)39(5)21-17-28(4)37-8-2;1-5-9-19-12-13-21(17(4)31)24(27(19)30)25-23(16(2)3)20(15-22(29)26(25)28)14-18-10-7-6-8-11-18;2*1-2;;/h7-9,14-15,25,27,29-31,36-37H,1-2,4,10-13,16-24,26H2,3,5-6H3;6-8,10-13,15-16H,4-5,9,14,31H2,1-3H3;2*1-2H3;1H3;/q-1;;;;-1;+1. The fourth-order valence-electron chi connectivity index (χ4n) is 11.3. The largest absolute Gasteiger partial charge is 1.00 e. The van der Waals surface area contributed by atoms with Gasteiger partial charge in [-0.05, 0) is 140 Å². The van der Waals surface area contributed by atoms with Crippen molar-refractivity contribution in [3.8, 4) is 11.1 Å². The smallest absolute Gasteiger partial charge is 0.399 e. The van der Waals surface area contributed by atoms with E-state index in [1.807, 2.05) is 89.7 Å². The number of halogens is 3. The first-order valence-corrected chi connectivity index (χ1v) is 29.0. The molecule has 0 amide bonds. The number of anilines is 1. The minimum atomic E-state index is -0.569. The van der Waals surface area contributed by atoms with Gasteiger partial charge in [0.15, 0.2) is 5.82 Å². The average Bonchev–Trinajstić information content (AvgIpc) is 3.80. The number of hydrogen-bond donors (Lipinski definition) is 3. The van der Waals surface area contributed by atoms with Gasteiger partial charge in [-0.1, -0.05) is 161 Å². The molecule has 2 unspecified atom stereocenters. The van der Waals surface area contributed by atoms with Crippen LogP contribution in [0.2, 0.25) is 5.02 Å². The summed E-state index contributed by atoms with van der Waals surface area (Å²) in [6.45, 7) is 37.5. The van der Waals surface area contributed by atoms with E-state index in [0.29, 0.717) is 35.4 Å². The van der Waals surface area contributed by atoms with Gasteiger partial charge in [-0.2, -0.15) is 17.9 Å². The SMILES string of the molecule is C=C(N)c1ccc(CCC)c(F)c1-c1c(Cl)c(F)cc(Cc2ccccc2)c1C(C)C.C=CNCCC(CC(C)C1CC[CH-]CC1)CN1CCC(c2ccc3c(N(C)CCC(=C)NC=C)nn(C)c3c2)CC1.CC.CC.[CH3-].[Na+]. The Labute approximate surface area is 499 Å². The summed E-state index contributed by atoms with van der Waals surface area (Å²) < 4.78 is 32.9. The first-order valence-electron chi connectivity index (χ1n) is 28.6. The van der Waals surface area contributed by atoms with Gasteiger partial charge in [0.2, 0.25) is 0 Å². The molecule has 4 N–H and O–H groups in total. The molecule has 1 saturated carbocycles. The second-order valence-electron chi connectivity index (χ2n) is 20.8. The molecule has 0 bridgehead atoms. The van der Waals surface area contributed by atoms with Crippen molar-refractivity contribution in [3.63, 3.8) is 0 Å². The maximum absolute atomic E-state index is 15.8. The summed E-state index contributed by atoms with van der Waals surface area (Å²) >= 11 is 6.52. The van der Waals surface area contributed by atoms with E-state index in [2.05, 4.69) is 92.4 Å². The average molecular weight is 1100 g/mol. The number of benzene rings is 4. The van der Waals surface area contributed by atoms with Gasteiger partial charge in [-0.15, -0.1) is 0 Å². The Morgan fingerprint density at radius 3 is 2.19 bits per heavy atom. The molecule has 4 aromatic carbocycles. The van der Waals surface area contributed by atoms with E-state index in [1.54, 1.807) is 18.3 Å². The van der Waals surface area contributed by atoms with Gasteiger partial charge in [0.25, 0.3) is 0 Å². The zero-order valence-electron chi connectivity index (χ0n) is 50.3. The van der Waals surface area contributed by atoms with Crippen LogP contribution in [0.15, 0.2) is 111 Å². The molecule has 2 atom stereocenters. The van der Waals surface area contributed by atoms with Crippen LogP contribution in [0.25, 0.3) is 27.7 Å². The summed E-state index contributed by atoms with van der Waals surface area (Å²) in [4.78, 5) is 4.98. The number of likely N-dealkylation sites (tertiary alicyclic amines) is 1. The van der Waals surface area contributed by atoms with E-state index in [-0.39, 0.29) is 59.2 Å². The summed E-state index contributed by atoms with van der Waals surface area (Å²) in [6, 6.07) is 21.8. The number of piperidine rings is 1. The van der Waals surface area contributed by atoms with Crippen molar-refractivity contribution >= 4 is 34.0 Å². The first-order chi connectivity index (χ1) is 36.6. The second kappa shape index (κ2) is 36.1. The summed E-state index contributed by atoms with van der Waals surface area (Å²) in [7, 11) is 4.18. The predicted molar refractivity (Wildman–Crippen MR) is 332 cm³/mol. The molecule has 0 radical (unpaired) electrons. The normalized spacial score (nSPS) is 14.4. The number of aromatic nitrogens is 2. The molecule has 424 valence electrons. The summed E-state index contributed by atoms with van der Waals surface area (Å²) in [6.07, 6.45) is 19.2. The molecule has 2 heterocycles. The third-order valence-corrected chi connectivity index (χ3v) is 15.5. The van der Waals surface area contributed by atoms with Crippen molar-refractivity contribution in [2.45, 2.75) is 144 Å². The molecule has 78 heavy (non-hydrogen) atoms. The number of aryl methyl sites for hydroxylation is 2. The fourth-order valence-corrected chi connectivity index (χ4v) is 11.5. The van der Waals surface area contributed by atoms with E-state index in [0.717, 1.165) is 71.9 Å². The number of nitrogens with zero attached hydrogens (tertiary/aromatic N) is 4. The van der Waals surface area contributed by atoms with E-state index in [9.17, 15) is 0 Å². The quantitative estimate of drug-likeness (QED) is 0.0344. The number of nitrogens with one attached hydrogen (secondary N) is 2. The number of rotatable bonds is 23. The number of hydrogen-bond acceptors (Lipinski definition) is 6. The van der Waals surface area contributed by atoms with Crippen molar-refractivity contribution < 1.29 is 38.3 Å². The van der Waals surface area contributed by atoms with Gasteiger partial charge < -0.3 is 40.0 Å². The van der Waals surface area contributed by atoms with Crippen LogP contribution < -0.4 is 50.8 Å². The molecule has 0 spiro atoms. The van der Waals surface area contributed by atoms with Crippen LogP contribution in [0.5, 0.6) is 0 Å². The van der Waals surface area contributed by atoms with Crippen molar-refractivity contribution in [1.82, 2.24) is 25.3 Å². The Kier molecular flexibility index (Phi) is 32.2. The first kappa shape index (κ1) is 69.7. The van der Waals surface area contributed by atoms with Gasteiger partial charge in [0.05, 0.1) is 10.5 Å². The maximum Gasteiger partial charge on any atom is 1.00 e. The van der Waals surface area contributed by atoms with Crippen LogP contribution in [-0.2, 0) is 19.9 Å². The Hall–Kier alpha value is -4.38. The van der Waals surface area contributed by atoms with Crippen molar-refractivity contribution in [2.75, 3.05) is 44.7 Å². The molecule has 1 aromatic heterocycles. The van der Waals surface area contributed by atoms with Crippen LogP contribution >= 0.6 is 11.6 Å². The second-order valence-corrected chi connectivity index (χ2v) is 21.2. The zero-order valence-corrected chi connectivity index (χ0v) is 53.1. The minimum Gasteiger partial charge on any atom is -0.399 e. The van der Waals surface area contributed by atoms with Crippen molar-refractivity contribution in [1.29, 1.82) is 0 Å².